The van der Waals surface area contributed by atoms with E-state index in [0.29, 0.717) is 11.4 Å². The fourth-order valence-corrected chi connectivity index (χ4v) is 1.86. The van der Waals surface area contributed by atoms with Gasteiger partial charge in [0.15, 0.2) is 5.54 Å². The highest BCUT2D eigenvalue weighted by molar-refractivity contribution is 6.35. The van der Waals surface area contributed by atoms with Gasteiger partial charge in [-0.1, -0.05) is 29.3 Å². The molecular weight excluding hydrogens is 253 g/mol. The van der Waals surface area contributed by atoms with E-state index in [0.717, 1.165) is 0 Å². The molecule has 86 valence electrons. The maximum Gasteiger partial charge on any atom is 0.333 e. The van der Waals surface area contributed by atoms with E-state index in [1.165, 1.54) is 25.1 Å². The lowest BCUT2D eigenvalue weighted by atomic mass is 9.92. The summed E-state index contributed by atoms with van der Waals surface area (Å²) in [5.41, 5.74) is -1.29. The van der Waals surface area contributed by atoms with Gasteiger partial charge in [-0.25, -0.2) is 4.79 Å². The third-order valence-electron chi connectivity index (χ3n) is 2.25. The molecule has 4 nitrogen and oxygen atoms in total. The second kappa shape index (κ2) is 4.72. The van der Waals surface area contributed by atoms with Crippen LogP contribution in [0, 0.1) is 0 Å². The minimum atomic E-state index is -1.57. The second-order valence-corrected chi connectivity index (χ2v) is 4.16. The topological polar surface area (TPSA) is 66.4 Å². The Kier molecular flexibility index (Phi) is 3.78. The first kappa shape index (κ1) is 12.8. The van der Waals surface area contributed by atoms with Crippen molar-refractivity contribution in [3.8, 4) is 0 Å². The molecule has 1 aromatic carbocycles. The van der Waals surface area contributed by atoms with E-state index in [4.69, 9.17) is 28.3 Å². The molecular formula is C10H9Cl2NO3. The molecule has 0 radical (unpaired) electrons. The Bertz CT molecular complexity index is 436. The van der Waals surface area contributed by atoms with Crippen LogP contribution in [0.5, 0.6) is 0 Å². The van der Waals surface area contributed by atoms with E-state index in [1.807, 2.05) is 0 Å². The summed E-state index contributed by atoms with van der Waals surface area (Å²) in [6.45, 7) is 1.35. The number of nitrogens with one attached hydrogen (secondary N) is 1. The van der Waals surface area contributed by atoms with Crippen LogP contribution in [0.4, 0.5) is 0 Å². The summed E-state index contributed by atoms with van der Waals surface area (Å²) in [5, 5.41) is 11.9. The van der Waals surface area contributed by atoms with Crippen molar-refractivity contribution in [2.45, 2.75) is 12.5 Å². The number of aliphatic carboxylic acids is 1. The van der Waals surface area contributed by atoms with Gasteiger partial charge in [-0.3, -0.25) is 4.79 Å². The predicted molar refractivity (Wildman–Crippen MR) is 60.6 cm³/mol. The first-order chi connectivity index (χ1) is 7.41. The van der Waals surface area contributed by atoms with Crippen molar-refractivity contribution in [1.82, 2.24) is 5.32 Å². The molecule has 1 atom stereocenters. The molecule has 1 amide bonds. The molecule has 0 saturated heterocycles. The van der Waals surface area contributed by atoms with E-state index < -0.39 is 11.5 Å². The maximum absolute atomic E-state index is 11.1. The van der Waals surface area contributed by atoms with Gasteiger partial charge in [-0.15, -0.1) is 0 Å². The van der Waals surface area contributed by atoms with Gasteiger partial charge in [0.2, 0.25) is 6.41 Å². The van der Waals surface area contributed by atoms with Gasteiger partial charge >= 0.3 is 5.97 Å². The van der Waals surface area contributed by atoms with Crippen LogP contribution in [-0.4, -0.2) is 17.5 Å². The number of halogens is 2. The van der Waals surface area contributed by atoms with Gasteiger partial charge in [0.1, 0.15) is 0 Å². The number of carbonyl (C=O) groups is 2. The zero-order valence-corrected chi connectivity index (χ0v) is 9.84. The Balaban J connectivity index is 3.31. The molecule has 1 aromatic rings. The average Bonchev–Trinajstić information content (AvgIpc) is 2.17. The minimum Gasteiger partial charge on any atom is -0.479 e. The van der Waals surface area contributed by atoms with Crippen molar-refractivity contribution >= 4 is 35.6 Å². The lowest BCUT2D eigenvalue weighted by Gasteiger charge is -2.25. The Labute approximate surface area is 102 Å². The molecule has 0 spiro atoms. The Morgan fingerprint density at radius 1 is 1.50 bits per heavy atom. The van der Waals surface area contributed by atoms with E-state index in [2.05, 4.69) is 5.32 Å². The summed E-state index contributed by atoms with van der Waals surface area (Å²) in [6.07, 6.45) is 0.319. The van der Waals surface area contributed by atoms with Crippen LogP contribution < -0.4 is 5.32 Å². The van der Waals surface area contributed by atoms with Crippen LogP contribution in [0.1, 0.15) is 12.5 Å². The number of carboxylic acid groups (broad SMARTS) is 1. The van der Waals surface area contributed by atoms with Gasteiger partial charge < -0.3 is 10.4 Å². The van der Waals surface area contributed by atoms with Crippen molar-refractivity contribution in [1.29, 1.82) is 0 Å². The summed E-state index contributed by atoms with van der Waals surface area (Å²) in [6, 6.07) is 4.40. The monoisotopic (exact) mass is 261 g/mol. The molecule has 2 N–H and O–H groups in total. The van der Waals surface area contributed by atoms with E-state index in [9.17, 15) is 9.59 Å². The van der Waals surface area contributed by atoms with Gasteiger partial charge in [0, 0.05) is 15.6 Å². The smallest absolute Gasteiger partial charge is 0.333 e. The predicted octanol–water partition coefficient (Wildman–Crippen LogP) is 2.04. The SMILES string of the molecule is CC(NC=O)(C(=O)O)c1ccc(Cl)cc1Cl. The van der Waals surface area contributed by atoms with E-state index in [1.54, 1.807) is 0 Å². The lowest BCUT2D eigenvalue weighted by molar-refractivity contribution is -0.145. The lowest BCUT2D eigenvalue weighted by Crippen LogP contribution is -2.46. The zero-order chi connectivity index (χ0) is 12.3. The van der Waals surface area contributed by atoms with Gasteiger partial charge in [-0.2, -0.15) is 0 Å². The fraction of sp³-hybridized carbons (Fsp3) is 0.200. The molecule has 0 fully saturated rings. The standard InChI is InChI=1S/C10H9Cl2NO3/c1-10(9(15)16,13-5-14)7-3-2-6(11)4-8(7)12/h2-5H,1H3,(H,13,14)(H,15,16). The highest BCUT2D eigenvalue weighted by atomic mass is 35.5. The first-order valence-corrected chi connectivity index (χ1v) is 5.07. The van der Waals surface area contributed by atoms with Crippen LogP contribution in [0.15, 0.2) is 18.2 Å². The number of carbonyl (C=O) groups excluding carboxylic acids is 1. The molecule has 1 unspecified atom stereocenters. The molecule has 16 heavy (non-hydrogen) atoms. The van der Waals surface area contributed by atoms with Gasteiger partial charge in [-0.05, 0) is 19.1 Å². The normalized spacial score (nSPS) is 13.9. The van der Waals surface area contributed by atoms with Crippen molar-refractivity contribution < 1.29 is 14.7 Å². The van der Waals surface area contributed by atoms with Crippen molar-refractivity contribution in [3.05, 3.63) is 33.8 Å². The Morgan fingerprint density at radius 3 is 2.56 bits per heavy atom. The first-order valence-electron chi connectivity index (χ1n) is 4.32. The Morgan fingerprint density at radius 2 is 2.12 bits per heavy atom. The van der Waals surface area contributed by atoms with Crippen LogP contribution >= 0.6 is 23.2 Å². The number of amides is 1. The second-order valence-electron chi connectivity index (χ2n) is 3.32. The molecule has 0 aliphatic carbocycles. The van der Waals surface area contributed by atoms with Crippen LogP contribution in [0.2, 0.25) is 10.0 Å². The maximum atomic E-state index is 11.1. The third kappa shape index (κ3) is 2.28. The summed E-state index contributed by atoms with van der Waals surface area (Å²) in [4.78, 5) is 21.6. The van der Waals surface area contributed by atoms with Crippen molar-refractivity contribution in [3.63, 3.8) is 0 Å². The third-order valence-corrected chi connectivity index (χ3v) is 2.79. The Hall–Kier alpha value is -1.26. The molecule has 0 saturated carbocycles. The number of benzene rings is 1. The van der Waals surface area contributed by atoms with Crippen LogP contribution in [0.3, 0.4) is 0 Å². The van der Waals surface area contributed by atoms with E-state index in [-0.39, 0.29) is 10.6 Å². The fourth-order valence-electron chi connectivity index (χ4n) is 1.27. The molecule has 0 aromatic heterocycles. The summed E-state index contributed by atoms with van der Waals surface area (Å²) in [7, 11) is 0. The van der Waals surface area contributed by atoms with Gasteiger partial charge in [0.05, 0.1) is 0 Å². The average molecular weight is 262 g/mol. The molecule has 1 rings (SSSR count). The summed E-state index contributed by atoms with van der Waals surface area (Å²) in [5.74, 6) is -1.20. The largest absolute Gasteiger partial charge is 0.479 e. The van der Waals surface area contributed by atoms with Crippen molar-refractivity contribution in [2.75, 3.05) is 0 Å². The van der Waals surface area contributed by atoms with Gasteiger partial charge in [0.25, 0.3) is 0 Å². The van der Waals surface area contributed by atoms with Crippen LogP contribution in [0.25, 0.3) is 0 Å². The number of hydrogen-bond donors (Lipinski definition) is 2. The quantitative estimate of drug-likeness (QED) is 0.816. The number of carboxylic acids is 1. The summed E-state index contributed by atoms with van der Waals surface area (Å²) >= 11 is 11.6. The molecule has 0 bridgehead atoms. The summed E-state index contributed by atoms with van der Waals surface area (Å²) < 4.78 is 0. The highest BCUT2D eigenvalue weighted by Crippen LogP contribution is 2.30. The van der Waals surface area contributed by atoms with Crippen LogP contribution in [-0.2, 0) is 15.1 Å². The molecule has 0 heterocycles. The number of rotatable bonds is 4. The minimum absolute atomic E-state index is 0.187. The van der Waals surface area contributed by atoms with E-state index >= 15 is 0 Å². The highest BCUT2D eigenvalue weighted by Gasteiger charge is 2.36. The van der Waals surface area contributed by atoms with Crippen molar-refractivity contribution in [2.24, 2.45) is 0 Å². The molecule has 0 aliphatic rings. The molecule has 0 aliphatic heterocycles. The molecule has 6 heteroatoms. The zero-order valence-electron chi connectivity index (χ0n) is 8.33. The number of hydrogen-bond acceptors (Lipinski definition) is 2.